The van der Waals surface area contributed by atoms with Gasteiger partial charge in [-0.2, -0.15) is 11.8 Å². The summed E-state index contributed by atoms with van der Waals surface area (Å²) < 4.78 is 10.1. The second-order valence-corrected chi connectivity index (χ2v) is 6.68. The molecule has 0 radical (unpaired) electrons. The maximum Gasteiger partial charge on any atom is 0.310 e. The van der Waals surface area contributed by atoms with Gasteiger partial charge in [-0.3, -0.25) is 9.59 Å². The fourth-order valence-electron chi connectivity index (χ4n) is 2.19. The molecule has 0 atom stereocenters. The SMILES string of the molecule is COc1ccc(CC(=O)OCC(=O)NCCSCc2ccccc2)cc1. The number of carbonyl (C=O) groups is 2. The highest BCUT2D eigenvalue weighted by molar-refractivity contribution is 7.98. The Kier molecular flexibility index (Phi) is 8.55. The van der Waals surface area contributed by atoms with E-state index in [-0.39, 0.29) is 18.9 Å². The third kappa shape index (κ3) is 7.61. The highest BCUT2D eigenvalue weighted by Gasteiger charge is 2.08. The Morgan fingerprint density at radius 1 is 1.00 bits per heavy atom. The number of nitrogens with one attached hydrogen (secondary N) is 1. The highest BCUT2D eigenvalue weighted by Crippen LogP contribution is 2.12. The predicted octanol–water partition coefficient (Wildman–Crippen LogP) is 2.83. The van der Waals surface area contributed by atoms with Crippen LogP contribution >= 0.6 is 11.8 Å². The van der Waals surface area contributed by atoms with Gasteiger partial charge in [0.1, 0.15) is 5.75 Å². The minimum atomic E-state index is -0.427. The van der Waals surface area contributed by atoms with Crippen LogP contribution < -0.4 is 10.1 Å². The van der Waals surface area contributed by atoms with Crippen molar-refractivity contribution in [1.29, 1.82) is 0 Å². The first-order valence-corrected chi connectivity index (χ1v) is 9.50. The van der Waals surface area contributed by atoms with Crippen LogP contribution in [0.5, 0.6) is 5.75 Å². The van der Waals surface area contributed by atoms with Crippen molar-refractivity contribution in [2.75, 3.05) is 26.0 Å². The standard InChI is InChI=1S/C20H23NO4S/c1-24-18-9-7-16(8-10-18)13-20(23)25-14-19(22)21-11-12-26-15-17-5-3-2-4-6-17/h2-10H,11-15H2,1H3,(H,21,22). The highest BCUT2D eigenvalue weighted by atomic mass is 32.2. The van der Waals surface area contributed by atoms with Gasteiger partial charge in [0.15, 0.2) is 6.61 Å². The number of amides is 1. The summed E-state index contributed by atoms with van der Waals surface area (Å²) in [6.45, 7) is 0.296. The van der Waals surface area contributed by atoms with E-state index in [4.69, 9.17) is 9.47 Å². The van der Waals surface area contributed by atoms with Crippen LogP contribution in [0.15, 0.2) is 54.6 Å². The molecule has 138 valence electrons. The molecule has 2 aromatic carbocycles. The summed E-state index contributed by atoms with van der Waals surface area (Å²) >= 11 is 1.74. The zero-order chi connectivity index (χ0) is 18.6. The van der Waals surface area contributed by atoms with Gasteiger partial charge in [-0.05, 0) is 23.3 Å². The molecule has 1 N–H and O–H groups in total. The summed E-state index contributed by atoms with van der Waals surface area (Å²) in [5.74, 6) is 1.73. The molecule has 0 aromatic heterocycles. The zero-order valence-electron chi connectivity index (χ0n) is 14.8. The maximum absolute atomic E-state index is 11.8. The normalized spacial score (nSPS) is 10.2. The molecule has 0 saturated heterocycles. The summed E-state index contributed by atoms with van der Waals surface area (Å²) in [7, 11) is 1.59. The van der Waals surface area contributed by atoms with Crippen molar-refractivity contribution in [1.82, 2.24) is 5.32 Å². The largest absolute Gasteiger partial charge is 0.497 e. The number of thioether (sulfide) groups is 1. The molecule has 26 heavy (non-hydrogen) atoms. The van der Waals surface area contributed by atoms with E-state index in [1.54, 1.807) is 43.1 Å². The van der Waals surface area contributed by atoms with Crippen molar-refractivity contribution in [3.05, 3.63) is 65.7 Å². The van der Waals surface area contributed by atoms with Crippen molar-refractivity contribution in [2.24, 2.45) is 0 Å². The van der Waals surface area contributed by atoms with E-state index in [9.17, 15) is 9.59 Å². The second kappa shape index (κ2) is 11.2. The summed E-state index contributed by atoms with van der Waals surface area (Å²) in [5.41, 5.74) is 2.07. The van der Waals surface area contributed by atoms with Gasteiger partial charge < -0.3 is 14.8 Å². The molecule has 0 unspecified atom stereocenters. The van der Waals surface area contributed by atoms with Gasteiger partial charge in [0.25, 0.3) is 5.91 Å². The quantitative estimate of drug-likeness (QED) is 0.512. The number of hydrogen-bond acceptors (Lipinski definition) is 5. The smallest absolute Gasteiger partial charge is 0.310 e. The lowest BCUT2D eigenvalue weighted by atomic mass is 10.1. The average molecular weight is 373 g/mol. The minimum absolute atomic E-state index is 0.129. The molecule has 0 heterocycles. The molecule has 2 rings (SSSR count). The van der Waals surface area contributed by atoms with Gasteiger partial charge in [-0.1, -0.05) is 42.5 Å². The first-order chi connectivity index (χ1) is 12.7. The van der Waals surface area contributed by atoms with Crippen molar-refractivity contribution in [3.63, 3.8) is 0 Å². The molecule has 0 spiro atoms. The van der Waals surface area contributed by atoms with Crippen LogP contribution in [-0.2, 0) is 26.5 Å². The molecule has 0 saturated carbocycles. The monoisotopic (exact) mass is 373 g/mol. The van der Waals surface area contributed by atoms with Crippen molar-refractivity contribution >= 4 is 23.6 Å². The Morgan fingerprint density at radius 2 is 1.73 bits per heavy atom. The molecule has 6 heteroatoms. The Labute approximate surface area is 158 Å². The number of esters is 1. The van der Waals surface area contributed by atoms with Crippen LogP contribution in [-0.4, -0.2) is 37.9 Å². The number of rotatable bonds is 10. The van der Waals surface area contributed by atoms with E-state index in [2.05, 4.69) is 17.4 Å². The fourth-order valence-corrected chi connectivity index (χ4v) is 3.00. The van der Waals surface area contributed by atoms with Crippen LogP contribution in [0, 0.1) is 0 Å². The number of benzene rings is 2. The summed E-state index contributed by atoms with van der Waals surface area (Å²) in [4.78, 5) is 23.5. The van der Waals surface area contributed by atoms with Gasteiger partial charge in [0, 0.05) is 18.1 Å². The molecule has 0 aliphatic carbocycles. The predicted molar refractivity (Wildman–Crippen MR) is 103 cm³/mol. The Morgan fingerprint density at radius 3 is 2.42 bits per heavy atom. The minimum Gasteiger partial charge on any atom is -0.497 e. The molecule has 5 nitrogen and oxygen atoms in total. The fraction of sp³-hybridized carbons (Fsp3) is 0.300. The van der Waals surface area contributed by atoms with E-state index in [1.807, 2.05) is 18.2 Å². The van der Waals surface area contributed by atoms with Gasteiger partial charge in [0.2, 0.25) is 0 Å². The molecule has 2 aromatic rings. The Balaban J connectivity index is 1.55. The van der Waals surface area contributed by atoms with Crippen LogP contribution in [0.25, 0.3) is 0 Å². The van der Waals surface area contributed by atoms with E-state index in [1.165, 1.54) is 5.56 Å². The number of methoxy groups -OCH3 is 1. The summed E-state index contributed by atoms with van der Waals surface area (Å²) in [6, 6.07) is 17.3. The van der Waals surface area contributed by atoms with Crippen molar-refractivity contribution in [3.8, 4) is 5.75 Å². The first-order valence-electron chi connectivity index (χ1n) is 8.34. The molecular weight excluding hydrogens is 350 g/mol. The summed E-state index contributed by atoms with van der Waals surface area (Å²) in [5, 5.41) is 2.75. The van der Waals surface area contributed by atoms with Crippen LogP contribution in [0.2, 0.25) is 0 Å². The van der Waals surface area contributed by atoms with Crippen LogP contribution in [0.4, 0.5) is 0 Å². The lowest BCUT2D eigenvalue weighted by Crippen LogP contribution is -2.30. The van der Waals surface area contributed by atoms with E-state index in [0.717, 1.165) is 22.8 Å². The van der Waals surface area contributed by atoms with E-state index in [0.29, 0.717) is 6.54 Å². The first kappa shape index (κ1) is 19.8. The molecule has 0 fully saturated rings. The average Bonchev–Trinajstić information content (AvgIpc) is 2.67. The Bertz CT molecular complexity index is 689. The second-order valence-electron chi connectivity index (χ2n) is 5.57. The number of ether oxygens (including phenoxy) is 2. The van der Waals surface area contributed by atoms with Crippen LogP contribution in [0.3, 0.4) is 0 Å². The molecule has 0 bridgehead atoms. The lowest BCUT2D eigenvalue weighted by Gasteiger charge is -2.07. The molecular formula is C20H23NO4S. The van der Waals surface area contributed by atoms with Crippen LogP contribution in [0.1, 0.15) is 11.1 Å². The topological polar surface area (TPSA) is 64.6 Å². The maximum atomic E-state index is 11.8. The molecule has 0 aliphatic rings. The number of hydrogen-bond donors (Lipinski definition) is 1. The number of carbonyl (C=O) groups excluding carboxylic acids is 2. The lowest BCUT2D eigenvalue weighted by molar-refractivity contribution is -0.147. The van der Waals surface area contributed by atoms with E-state index < -0.39 is 5.97 Å². The van der Waals surface area contributed by atoms with Crippen molar-refractivity contribution in [2.45, 2.75) is 12.2 Å². The van der Waals surface area contributed by atoms with Gasteiger partial charge in [-0.15, -0.1) is 0 Å². The third-order valence-corrected chi connectivity index (χ3v) is 4.58. The van der Waals surface area contributed by atoms with Gasteiger partial charge >= 0.3 is 5.97 Å². The zero-order valence-corrected chi connectivity index (χ0v) is 15.6. The van der Waals surface area contributed by atoms with Gasteiger partial charge in [-0.25, -0.2) is 0 Å². The van der Waals surface area contributed by atoms with E-state index >= 15 is 0 Å². The molecule has 1 amide bonds. The third-order valence-electron chi connectivity index (χ3n) is 3.55. The molecule has 0 aliphatic heterocycles. The Hall–Kier alpha value is -2.47. The summed E-state index contributed by atoms with van der Waals surface area (Å²) in [6.07, 6.45) is 0.129. The van der Waals surface area contributed by atoms with Crippen molar-refractivity contribution < 1.29 is 19.1 Å². The van der Waals surface area contributed by atoms with Gasteiger partial charge in [0.05, 0.1) is 13.5 Å².